The van der Waals surface area contributed by atoms with Crippen molar-refractivity contribution in [1.29, 1.82) is 0 Å². The van der Waals surface area contributed by atoms with Crippen LogP contribution in [-0.4, -0.2) is 60.6 Å². The summed E-state index contributed by atoms with van der Waals surface area (Å²) in [4.78, 5) is 52.9. The number of nitrogens with one attached hydrogen (secondary N) is 2. The van der Waals surface area contributed by atoms with E-state index in [1.165, 1.54) is 14.1 Å². The maximum absolute atomic E-state index is 13.9. The van der Waals surface area contributed by atoms with E-state index in [1.807, 2.05) is 31.2 Å². The van der Waals surface area contributed by atoms with Gasteiger partial charge in [-0.15, -0.1) is 0 Å². The van der Waals surface area contributed by atoms with E-state index in [-0.39, 0.29) is 34.3 Å². The van der Waals surface area contributed by atoms with Crippen molar-refractivity contribution < 1.29 is 18.3 Å². The highest BCUT2D eigenvalue weighted by Gasteiger charge is 2.51. The van der Waals surface area contributed by atoms with E-state index in [9.17, 15) is 23.2 Å². The predicted molar refractivity (Wildman–Crippen MR) is 192 cm³/mol. The van der Waals surface area contributed by atoms with Gasteiger partial charge < -0.3 is 15.4 Å². The van der Waals surface area contributed by atoms with Crippen LogP contribution in [0.1, 0.15) is 54.2 Å². The third-order valence-electron chi connectivity index (χ3n) is 10.7. The Morgan fingerprint density at radius 3 is 2.44 bits per heavy atom. The van der Waals surface area contributed by atoms with Gasteiger partial charge in [0.05, 0.1) is 23.4 Å². The summed E-state index contributed by atoms with van der Waals surface area (Å²) in [6.45, 7) is 3.47. The van der Waals surface area contributed by atoms with E-state index in [1.54, 1.807) is 19.2 Å². The number of carbonyl (C=O) groups is 1. The van der Waals surface area contributed by atoms with Crippen molar-refractivity contribution in [3.63, 3.8) is 0 Å². The number of benzene rings is 2. The van der Waals surface area contributed by atoms with Crippen molar-refractivity contribution >= 4 is 40.0 Å². The zero-order valence-corrected chi connectivity index (χ0v) is 29.6. The molecule has 0 unspecified atom stereocenters. The summed E-state index contributed by atoms with van der Waals surface area (Å²) in [5.41, 5.74) is 4.54. The van der Waals surface area contributed by atoms with Crippen LogP contribution in [0.3, 0.4) is 0 Å². The van der Waals surface area contributed by atoms with Crippen molar-refractivity contribution in [3.05, 3.63) is 90.8 Å². The normalized spacial score (nSPS) is 17.8. The minimum absolute atomic E-state index is 0.100. The van der Waals surface area contributed by atoms with Crippen molar-refractivity contribution in [2.45, 2.75) is 50.6 Å². The second-order valence-corrected chi connectivity index (χ2v) is 14.2. The fraction of sp³-hybridized carbons (Fsp3) is 0.351. The second-order valence-electron chi connectivity index (χ2n) is 13.8. The molecule has 1 atom stereocenters. The second kappa shape index (κ2) is 12.5. The number of anilines is 2. The average molecular weight is 729 g/mol. The molecule has 5 heterocycles. The number of amides is 1. The van der Waals surface area contributed by atoms with Gasteiger partial charge in [0.1, 0.15) is 11.2 Å². The number of fused-ring (bicyclic) bond motifs is 2. The molecule has 2 aliphatic heterocycles. The number of hydrogen-bond acceptors (Lipinski definition) is 9. The van der Waals surface area contributed by atoms with Crippen molar-refractivity contribution in [2.24, 2.45) is 14.1 Å². The van der Waals surface area contributed by atoms with Crippen molar-refractivity contribution in [3.8, 4) is 28.3 Å². The largest absolute Gasteiger partial charge is 0.481 e. The van der Waals surface area contributed by atoms with Gasteiger partial charge in [0.25, 0.3) is 12.0 Å². The number of carbonyl (C=O) groups excluding carboxylic acids is 1. The van der Waals surface area contributed by atoms with Gasteiger partial charge in [-0.2, -0.15) is 0 Å². The van der Waals surface area contributed by atoms with Crippen LogP contribution < -0.4 is 26.6 Å². The molecule has 2 N–H and O–H groups in total. The minimum Gasteiger partial charge on any atom is -0.481 e. The molecule has 3 aliphatic rings. The number of likely N-dealkylation sites (tertiary alicyclic amines) is 1. The Balaban J connectivity index is 1.14. The van der Waals surface area contributed by atoms with Gasteiger partial charge in [0, 0.05) is 62.0 Å². The molecule has 0 bridgehead atoms. The van der Waals surface area contributed by atoms with Crippen LogP contribution in [0.4, 0.5) is 20.3 Å². The molecular formula is C37H35ClF2N8O4. The van der Waals surface area contributed by atoms with Crippen molar-refractivity contribution in [1.82, 2.24) is 34.3 Å². The molecule has 12 nitrogen and oxygen atoms in total. The van der Waals surface area contributed by atoms with E-state index in [0.29, 0.717) is 45.4 Å². The zero-order chi connectivity index (χ0) is 36.6. The fourth-order valence-electron chi connectivity index (χ4n) is 7.99. The molecule has 2 aromatic carbocycles. The highest BCUT2D eigenvalue weighted by atomic mass is 35.5. The molecule has 1 amide bonds. The van der Waals surface area contributed by atoms with E-state index < -0.39 is 23.5 Å². The molecule has 268 valence electrons. The molecule has 0 saturated carbocycles. The van der Waals surface area contributed by atoms with Gasteiger partial charge >= 0.3 is 5.69 Å². The lowest BCUT2D eigenvalue weighted by molar-refractivity contribution is -0.121. The summed E-state index contributed by atoms with van der Waals surface area (Å²) < 4.78 is 35.6. The number of halogens is 3. The monoisotopic (exact) mass is 728 g/mol. The zero-order valence-electron chi connectivity index (χ0n) is 28.9. The number of alkyl halides is 2. The van der Waals surface area contributed by atoms with Crippen LogP contribution in [0.15, 0.2) is 52.1 Å². The molecule has 0 radical (unpaired) electrons. The van der Waals surface area contributed by atoms with Crippen LogP contribution in [-0.2, 0) is 25.3 Å². The predicted octanol–water partition coefficient (Wildman–Crippen LogP) is 5.36. The van der Waals surface area contributed by atoms with Crippen LogP contribution in [0.25, 0.3) is 33.4 Å². The molecule has 5 aromatic rings. The lowest BCUT2D eigenvalue weighted by Crippen LogP contribution is -2.67. The molecule has 52 heavy (non-hydrogen) atoms. The summed E-state index contributed by atoms with van der Waals surface area (Å²) >= 11 is 7.18. The molecule has 2 saturated heterocycles. The Morgan fingerprint density at radius 1 is 1.00 bits per heavy atom. The standard InChI is InChI=1S/C37H35ClF2N8O4/c1-18-20(7-6-10-23(18)41-31-28-33(44-32(43-31)30(39)40)46(2)36(51)47(3)35(28)50)21-8-5-9-22(29(21)38)24-15-19-11-12-25(27(19)34(42-24)52-4)48-16-37(17-48)14-13-26(49)45-37/h5-10,15,25,30H,11-14,16-17H2,1-4H3,(H,45,49)(H,41,43,44)/t25-/m0/s1. The van der Waals surface area contributed by atoms with Crippen LogP contribution in [0.2, 0.25) is 5.02 Å². The van der Waals surface area contributed by atoms with Gasteiger partial charge in [-0.25, -0.2) is 28.5 Å². The molecule has 2 fully saturated rings. The first-order valence-corrected chi connectivity index (χ1v) is 17.3. The van der Waals surface area contributed by atoms with Gasteiger partial charge in [-0.1, -0.05) is 41.9 Å². The first-order valence-electron chi connectivity index (χ1n) is 16.9. The minimum atomic E-state index is -3.04. The first kappa shape index (κ1) is 33.9. The third kappa shape index (κ3) is 5.34. The smallest absolute Gasteiger partial charge is 0.332 e. The highest BCUT2D eigenvalue weighted by Crippen LogP contribution is 2.48. The molecule has 15 heteroatoms. The number of aromatic nitrogens is 5. The SMILES string of the molecule is COc1nc(-c2cccc(-c3cccc(Nc4nc(C(F)F)nc5c4c(=O)n(C)c(=O)n5C)c3C)c2Cl)cc2c1[C@@H](N1CC3(CCC(=O)N3)C1)CC2. The van der Waals surface area contributed by atoms with E-state index in [2.05, 4.69) is 31.6 Å². The topological polar surface area (TPSA) is 136 Å². The van der Waals surface area contributed by atoms with Gasteiger partial charge in [-0.05, 0) is 55.0 Å². The number of methoxy groups -OCH3 is 1. The summed E-state index contributed by atoms with van der Waals surface area (Å²) in [5, 5.41) is 6.60. The maximum Gasteiger partial charge on any atom is 0.332 e. The van der Waals surface area contributed by atoms with E-state index in [0.717, 1.165) is 58.2 Å². The highest BCUT2D eigenvalue weighted by molar-refractivity contribution is 6.36. The lowest BCUT2D eigenvalue weighted by atomic mass is 9.86. The molecule has 3 aromatic heterocycles. The summed E-state index contributed by atoms with van der Waals surface area (Å²) in [7, 11) is 4.29. The van der Waals surface area contributed by atoms with E-state index in [4.69, 9.17) is 21.3 Å². The quantitative estimate of drug-likeness (QED) is 0.227. The third-order valence-corrected chi connectivity index (χ3v) is 11.1. The van der Waals surface area contributed by atoms with Crippen molar-refractivity contribution in [2.75, 3.05) is 25.5 Å². The number of aryl methyl sites for hydroxylation is 2. The van der Waals surface area contributed by atoms with Crippen LogP contribution >= 0.6 is 11.6 Å². The van der Waals surface area contributed by atoms with E-state index >= 15 is 0 Å². The number of pyridine rings is 1. The molecule has 1 spiro atoms. The molecular weight excluding hydrogens is 694 g/mol. The maximum atomic E-state index is 13.9. The number of rotatable bonds is 7. The Hall–Kier alpha value is -5.21. The van der Waals surface area contributed by atoms with Gasteiger partial charge in [0.15, 0.2) is 11.5 Å². The summed E-state index contributed by atoms with van der Waals surface area (Å²) in [6.07, 6.45) is 0.183. The Bertz CT molecular complexity index is 2440. The fourth-order valence-corrected chi connectivity index (χ4v) is 8.32. The number of nitrogens with zero attached hydrogens (tertiary/aromatic N) is 6. The average Bonchev–Trinajstić information content (AvgIpc) is 3.73. The number of hydrogen-bond donors (Lipinski definition) is 2. The summed E-state index contributed by atoms with van der Waals surface area (Å²) in [6, 6.07) is 13.3. The van der Waals surface area contributed by atoms with Crippen LogP contribution in [0.5, 0.6) is 5.88 Å². The van der Waals surface area contributed by atoms with Gasteiger partial charge in [0.2, 0.25) is 11.8 Å². The van der Waals surface area contributed by atoms with Crippen LogP contribution in [0, 0.1) is 6.92 Å². The van der Waals surface area contributed by atoms with Gasteiger partial charge in [-0.3, -0.25) is 23.6 Å². The molecule has 8 rings (SSSR count). The molecule has 1 aliphatic carbocycles. The Kier molecular flexibility index (Phi) is 8.14. The lowest BCUT2D eigenvalue weighted by Gasteiger charge is -2.50. The number of ether oxygens (including phenoxy) is 1. The summed E-state index contributed by atoms with van der Waals surface area (Å²) in [5.74, 6) is -0.288. The first-order chi connectivity index (χ1) is 24.9. The Labute approximate surface area is 301 Å². The Morgan fingerprint density at radius 2 is 1.73 bits per heavy atom.